The van der Waals surface area contributed by atoms with Crippen LogP contribution in [0.4, 0.5) is 0 Å². The molecule has 0 saturated carbocycles. The van der Waals surface area contributed by atoms with E-state index in [-0.39, 0.29) is 30.0 Å². The highest BCUT2D eigenvalue weighted by Gasteiger charge is 2.22. The molecule has 1 N–H and O–H groups in total. The number of ether oxygens (including phenoxy) is 2. The molecule has 0 aliphatic heterocycles. The molecular formula is C22H30N2O5S. The summed E-state index contributed by atoms with van der Waals surface area (Å²) >= 11 is 0. The standard InChI is InChI=1S/C22H30N2O5S/c1-22(2,3)17-6-8-19(9-7-17)29-15-14-23-21(25)16-24(4)30(26,27)20-12-10-18(28-5)11-13-20/h6-13H,14-16H2,1-5H3,(H,23,25). The van der Waals surface area contributed by atoms with Crippen molar-refractivity contribution in [1.82, 2.24) is 9.62 Å². The van der Waals surface area contributed by atoms with Crippen molar-refractivity contribution in [3.05, 3.63) is 54.1 Å². The predicted molar refractivity (Wildman–Crippen MR) is 116 cm³/mol. The molecule has 0 aliphatic carbocycles. The number of nitrogens with one attached hydrogen (secondary N) is 1. The maximum atomic E-state index is 12.6. The Morgan fingerprint density at radius 3 is 2.10 bits per heavy atom. The van der Waals surface area contributed by atoms with Crippen LogP contribution in [0.3, 0.4) is 0 Å². The number of nitrogens with zero attached hydrogens (tertiary/aromatic N) is 1. The second-order valence-corrected chi connectivity index (χ2v) is 9.95. The van der Waals surface area contributed by atoms with Crippen molar-refractivity contribution >= 4 is 15.9 Å². The van der Waals surface area contributed by atoms with Crippen LogP contribution in [0, 0.1) is 0 Å². The summed E-state index contributed by atoms with van der Waals surface area (Å²) in [6.07, 6.45) is 0. The van der Waals surface area contributed by atoms with E-state index in [9.17, 15) is 13.2 Å². The Balaban J connectivity index is 1.79. The van der Waals surface area contributed by atoms with Gasteiger partial charge in [-0.15, -0.1) is 0 Å². The quantitative estimate of drug-likeness (QED) is 0.614. The number of hydrogen-bond acceptors (Lipinski definition) is 5. The van der Waals surface area contributed by atoms with Crippen LogP contribution >= 0.6 is 0 Å². The molecule has 1 amide bonds. The van der Waals surface area contributed by atoms with Crippen molar-refractivity contribution in [1.29, 1.82) is 0 Å². The van der Waals surface area contributed by atoms with Gasteiger partial charge in [0.25, 0.3) is 0 Å². The summed E-state index contributed by atoms with van der Waals surface area (Å²) in [7, 11) is -0.891. The lowest BCUT2D eigenvalue weighted by Gasteiger charge is -2.19. The number of likely N-dealkylation sites (N-methyl/N-ethyl adjacent to an activating group) is 1. The fourth-order valence-electron chi connectivity index (χ4n) is 2.68. The Hall–Kier alpha value is -2.58. The minimum absolute atomic E-state index is 0.0741. The summed E-state index contributed by atoms with van der Waals surface area (Å²) < 4.78 is 36.8. The lowest BCUT2D eigenvalue weighted by Crippen LogP contribution is -2.39. The van der Waals surface area contributed by atoms with E-state index in [4.69, 9.17) is 9.47 Å². The van der Waals surface area contributed by atoms with Gasteiger partial charge in [-0.3, -0.25) is 4.79 Å². The monoisotopic (exact) mass is 434 g/mol. The van der Waals surface area contributed by atoms with Crippen LogP contribution < -0.4 is 14.8 Å². The highest BCUT2D eigenvalue weighted by Crippen LogP contribution is 2.24. The van der Waals surface area contributed by atoms with E-state index in [0.717, 1.165) is 10.1 Å². The van der Waals surface area contributed by atoms with Gasteiger partial charge in [0.1, 0.15) is 18.1 Å². The van der Waals surface area contributed by atoms with Gasteiger partial charge in [-0.05, 0) is 47.4 Å². The number of benzene rings is 2. The highest BCUT2D eigenvalue weighted by atomic mass is 32.2. The molecule has 0 unspecified atom stereocenters. The summed E-state index contributed by atoms with van der Waals surface area (Å²) in [4.78, 5) is 12.2. The maximum Gasteiger partial charge on any atom is 0.243 e. The molecule has 0 spiro atoms. The Bertz CT molecular complexity index is 933. The molecule has 30 heavy (non-hydrogen) atoms. The molecule has 2 aromatic carbocycles. The second kappa shape index (κ2) is 9.95. The average molecular weight is 435 g/mol. The smallest absolute Gasteiger partial charge is 0.243 e. The molecule has 2 rings (SSSR count). The number of methoxy groups -OCH3 is 1. The molecule has 0 radical (unpaired) electrons. The summed E-state index contributed by atoms with van der Waals surface area (Å²) in [6.45, 7) is 6.71. The fourth-order valence-corrected chi connectivity index (χ4v) is 3.81. The summed E-state index contributed by atoms with van der Waals surface area (Å²) in [5, 5.41) is 2.67. The van der Waals surface area contributed by atoms with Gasteiger partial charge in [-0.25, -0.2) is 8.42 Å². The van der Waals surface area contributed by atoms with Gasteiger partial charge >= 0.3 is 0 Å². The zero-order valence-electron chi connectivity index (χ0n) is 18.1. The van der Waals surface area contributed by atoms with E-state index >= 15 is 0 Å². The third-order valence-electron chi connectivity index (χ3n) is 4.55. The van der Waals surface area contributed by atoms with E-state index in [1.54, 1.807) is 12.1 Å². The number of rotatable bonds is 9. The first-order chi connectivity index (χ1) is 14.0. The van der Waals surface area contributed by atoms with Crippen LogP contribution in [0.25, 0.3) is 0 Å². The summed E-state index contributed by atoms with van der Waals surface area (Å²) in [5.41, 5.74) is 1.29. The Morgan fingerprint density at radius 2 is 1.57 bits per heavy atom. The van der Waals surface area contributed by atoms with E-state index in [1.807, 2.05) is 24.3 Å². The zero-order valence-corrected chi connectivity index (χ0v) is 19.0. The number of carbonyl (C=O) groups excluding carboxylic acids is 1. The van der Waals surface area contributed by atoms with Crippen molar-refractivity contribution in [3.8, 4) is 11.5 Å². The van der Waals surface area contributed by atoms with Gasteiger partial charge in [0, 0.05) is 7.05 Å². The van der Waals surface area contributed by atoms with Crippen LogP contribution in [0.1, 0.15) is 26.3 Å². The van der Waals surface area contributed by atoms with Crippen molar-refractivity contribution < 1.29 is 22.7 Å². The van der Waals surface area contributed by atoms with Crippen molar-refractivity contribution in [2.45, 2.75) is 31.1 Å². The van der Waals surface area contributed by atoms with Gasteiger partial charge < -0.3 is 14.8 Å². The van der Waals surface area contributed by atoms with Gasteiger partial charge in [0.05, 0.1) is 25.1 Å². The Morgan fingerprint density at radius 1 is 1.00 bits per heavy atom. The first-order valence-electron chi connectivity index (χ1n) is 9.64. The number of hydrogen-bond donors (Lipinski definition) is 1. The molecular weight excluding hydrogens is 404 g/mol. The van der Waals surface area contributed by atoms with Gasteiger partial charge in [0.15, 0.2) is 0 Å². The topological polar surface area (TPSA) is 84.9 Å². The van der Waals surface area contributed by atoms with Crippen LogP contribution in [-0.4, -0.2) is 52.5 Å². The van der Waals surface area contributed by atoms with Crippen LogP contribution in [-0.2, 0) is 20.2 Å². The largest absolute Gasteiger partial charge is 0.497 e. The van der Waals surface area contributed by atoms with Gasteiger partial charge in [-0.2, -0.15) is 4.31 Å². The summed E-state index contributed by atoms with van der Waals surface area (Å²) in [6, 6.07) is 13.9. The minimum atomic E-state index is -3.76. The van der Waals surface area contributed by atoms with Crippen LogP contribution in [0.2, 0.25) is 0 Å². The van der Waals surface area contributed by atoms with E-state index in [1.165, 1.54) is 31.9 Å². The third kappa shape index (κ3) is 6.47. The second-order valence-electron chi connectivity index (χ2n) is 7.91. The molecule has 0 saturated heterocycles. The predicted octanol–water partition coefficient (Wildman–Crippen LogP) is 2.81. The lowest BCUT2D eigenvalue weighted by molar-refractivity contribution is -0.121. The van der Waals surface area contributed by atoms with E-state index < -0.39 is 15.9 Å². The molecule has 0 fully saturated rings. The van der Waals surface area contributed by atoms with Gasteiger partial charge in [-0.1, -0.05) is 32.9 Å². The molecule has 0 aliphatic rings. The number of sulfonamides is 1. The maximum absolute atomic E-state index is 12.6. The molecule has 8 heteroatoms. The molecule has 0 atom stereocenters. The molecule has 0 heterocycles. The molecule has 164 valence electrons. The Kier molecular flexibility index (Phi) is 7.86. The van der Waals surface area contributed by atoms with Crippen LogP contribution in [0.15, 0.2) is 53.4 Å². The molecule has 7 nitrogen and oxygen atoms in total. The highest BCUT2D eigenvalue weighted by molar-refractivity contribution is 7.89. The number of carbonyl (C=O) groups is 1. The number of amides is 1. The SMILES string of the molecule is COc1ccc(S(=O)(=O)N(C)CC(=O)NCCOc2ccc(C(C)(C)C)cc2)cc1. The van der Waals surface area contributed by atoms with Gasteiger partial charge in [0.2, 0.25) is 15.9 Å². The normalized spacial score (nSPS) is 11.9. The van der Waals surface area contributed by atoms with Crippen LogP contribution in [0.5, 0.6) is 11.5 Å². The summed E-state index contributed by atoms with van der Waals surface area (Å²) in [5.74, 6) is 0.875. The zero-order chi connectivity index (χ0) is 22.4. The van der Waals surface area contributed by atoms with E-state index in [0.29, 0.717) is 5.75 Å². The first-order valence-corrected chi connectivity index (χ1v) is 11.1. The lowest BCUT2D eigenvalue weighted by atomic mass is 9.87. The minimum Gasteiger partial charge on any atom is -0.497 e. The fraction of sp³-hybridized carbons (Fsp3) is 0.409. The van der Waals surface area contributed by atoms with Crippen molar-refractivity contribution in [2.24, 2.45) is 0 Å². The first kappa shape index (κ1) is 23.7. The molecule has 2 aromatic rings. The molecule has 0 aromatic heterocycles. The molecule has 0 bridgehead atoms. The third-order valence-corrected chi connectivity index (χ3v) is 6.36. The average Bonchev–Trinajstić information content (AvgIpc) is 2.71. The van der Waals surface area contributed by atoms with Crippen molar-refractivity contribution in [2.75, 3.05) is 33.9 Å². The van der Waals surface area contributed by atoms with Crippen molar-refractivity contribution in [3.63, 3.8) is 0 Å². The van der Waals surface area contributed by atoms with E-state index in [2.05, 4.69) is 26.1 Å². The Labute approximate surface area is 179 Å².